The van der Waals surface area contributed by atoms with Crippen LogP contribution < -0.4 is 16.4 Å². The number of hydrogen-bond donors (Lipinski definition) is 4. The summed E-state index contributed by atoms with van der Waals surface area (Å²) in [4.78, 5) is 20.8. The Balaban J connectivity index is 2.85. The lowest BCUT2D eigenvalue weighted by Gasteiger charge is -2.11. The Morgan fingerprint density at radius 3 is 2.61 bits per heavy atom. The summed E-state index contributed by atoms with van der Waals surface area (Å²) in [5.74, 6) is -0.859. The molecule has 1 aromatic carbocycles. The van der Waals surface area contributed by atoms with Crippen molar-refractivity contribution >= 4 is 23.0 Å². The molecule has 18 heavy (non-hydrogen) atoms. The molecule has 1 rings (SSSR count). The molecule has 5 N–H and O–H groups in total. The molecule has 0 aromatic heterocycles. The van der Waals surface area contributed by atoms with Gasteiger partial charge in [0, 0.05) is 37.1 Å². The number of hydrogen-bond acceptors (Lipinski definition) is 6. The van der Waals surface area contributed by atoms with Gasteiger partial charge in [0.2, 0.25) is 5.91 Å². The summed E-state index contributed by atoms with van der Waals surface area (Å²) in [5.41, 5.74) is 5.74. The standard InChI is InChI=1S/C10H14N4O4/c1-12-6-2-7(4-8(3-6)14(17)18)13-5-9(15)10(11)16/h2-4,9,12-13,15H,5H2,1H3,(H2,11,16). The zero-order chi connectivity index (χ0) is 13.7. The Morgan fingerprint density at radius 1 is 1.50 bits per heavy atom. The van der Waals surface area contributed by atoms with Crippen LogP contribution in [0.1, 0.15) is 0 Å². The number of nitro benzene ring substituents is 1. The Bertz CT molecular complexity index is 463. The number of aliphatic hydroxyl groups excluding tert-OH is 1. The third kappa shape index (κ3) is 3.59. The molecule has 0 saturated carbocycles. The lowest BCUT2D eigenvalue weighted by atomic mass is 10.2. The molecular formula is C10H14N4O4. The third-order valence-electron chi connectivity index (χ3n) is 2.25. The van der Waals surface area contributed by atoms with E-state index in [0.717, 1.165) is 0 Å². The van der Waals surface area contributed by atoms with Gasteiger partial charge in [0.15, 0.2) is 0 Å². The first kappa shape index (κ1) is 13.7. The minimum Gasteiger partial charge on any atom is -0.388 e. The molecule has 0 fully saturated rings. The quantitative estimate of drug-likeness (QED) is 0.414. The molecule has 98 valence electrons. The van der Waals surface area contributed by atoms with Gasteiger partial charge in [0.05, 0.1) is 4.92 Å². The largest absolute Gasteiger partial charge is 0.388 e. The Hall–Kier alpha value is -2.35. The van der Waals surface area contributed by atoms with E-state index in [-0.39, 0.29) is 12.2 Å². The number of carbonyl (C=O) groups is 1. The second-order valence-electron chi connectivity index (χ2n) is 3.57. The molecule has 0 heterocycles. The monoisotopic (exact) mass is 254 g/mol. The van der Waals surface area contributed by atoms with Gasteiger partial charge in [-0.25, -0.2) is 0 Å². The average Bonchev–Trinajstić information content (AvgIpc) is 2.35. The number of amides is 1. The highest BCUT2D eigenvalue weighted by atomic mass is 16.6. The van der Waals surface area contributed by atoms with Crippen LogP contribution >= 0.6 is 0 Å². The van der Waals surface area contributed by atoms with Crippen LogP contribution in [-0.2, 0) is 4.79 Å². The molecule has 1 amide bonds. The first-order valence-corrected chi connectivity index (χ1v) is 5.12. The molecule has 1 unspecified atom stereocenters. The highest BCUT2D eigenvalue weighted by Gasteiger charge is 2.12. The molecule has 8 nitrogen and oxygen atoms in total. The van der Waals surface area contributed by atoms with Gasteiger partial charge in [-0.15, -0.1) is 0 Å². The van der Waals surface area contributed by atoms with Crippen molar-refractivity contribution in [2.75, 3.05) is 24.2 Å². The predicted octanol–water partition coefficient (Wildman–Crippen LogP) is -0.105. The number of benzene rings is 1. The molecule has 0 spiro atoms. The van der Waals surface area contributed by atoms with Crippen LogP contribution in [0.15, 0.2) is 18.2 Å². The summed E-state index contributed by atoms with van der Waals surface area (Å²) < 4.78 is 0. The number of primary amides is 1. The molecule has 8 heteroatoms. The van der Waals surface area contributed by atoms with Crippen molar-refractivity contribution in [3.8, 4) is 0 Å². The van der Waals surface area contributed by atoms with Crippen LogP contribution in [0.5, 0.6) is 0 Å². The van der Waals surface area contributed by atoms with Gasteiger partial charge in [-0.2, -0.15) is 0 Å². The normalized spacial score (nSPS) is 11.7. The zero-order valence-electron chi connectivity index (χ0n) is 9.71. The first-order valence-electron chi connectivity index (χ1n) is 5.12. The Morgan fingerprint density at radius 2 is 2.11 bits per heavy atom. The minimum atomic E-state index is -1.35. The predicted molar refractivity (Wildman–Crippen MR) is 66.3 cm³/mol. The first-order chi connectivity index (χ1) is 8.43. The number of nitrogens with zero attached hydrogens (tertiary/aromatic N) is 1. The molecule has 0 bridgehead atoms. The van der Waals surface area contributed by atoms with Gasteiger partial charge in [-0.3, -0.25) is 14.9 Å². The number of rotatable bonds is 6. The molecule has 0 radical (unpaired) electrons. The van der Waals surface area contributed by atoms with Crippen molar-refractivity contribution in [3.05, 3.63) is 28.3 Å². The topological polar surface area (TPSA) is 131 Å². The van der Waals surface area contributed by atoms with Crippen molar-refractivity contribution < 1.29 is 14.8 Å². The number of nitrogens with one attached hydrogen (secondary N) is 2. The van der Waals surface area contributed by atoms with E-state index in [4.69, 9.17) is 5.73 Å². The van der Waals surface area contributed by atoms with Gasteiger partial charge < -0.3 is 21.5 Å². The minimum absolute atomic E-state index is 0.0992. The maximum absolute atomic E-state index is 10.7. The highest BCUT2D eigenvalue weighted by molar-refractivity contribution is 5.79. The van der Waals surface area contributed by atoms with Crippen LogP contribution in [0.4, 0.5) is 17.1 Å². The summed E-state index contributed by atoms with van der Waals surface area (Å²) in [7, 11) is 1.63. The van der Waals surface area contributed by atoms with Crippen LogP contribution in [0.2, 0.25) is 0 Å². The fraction of sp³-hybridized carbons (Fsp3) is 0.300. The maximum Gasteiger partial charge on any atom is 0.273 e. The van der Waals surface area contributed by atoms with Crippen molar-refractivity contribution in [1.29, 1.82) is 0 Å². The van der Waals surface area contributed by atoms with Crippen molar-refractivity contribution in [1.82, 2.24) is 0 Å². The van der Waals surface area contributed by atoms with Crippen molar-refractivity contribution in [2.24, 2.45) is 5.73 Å². The fourth-order valence-corrected chi connectivity index (χ4v) is 1.28. The van der Waals surface area contributed by atoms with Gasteiger partial charge in [-0.1, -0.05) is 0 Å². The van der Waals surface area contributed by atoms with Gasteiger partial charge in [-0.05, 0) is 6.07 Å². The average molecular weight is 254 g/mol. The summed E-state index contributed by atoms with van der Waals surface area (Å²) in [6.45, 7) is -0.111. The van der Waals surface area contributed by atoms with Crippen LogP contribution in [0.25, 0.3) is 0 Å². The lowest BCUT2D eigenvalue weighted by molar-refractivity contribution is -0.384. The molecule has 1 aromatic rings. The Labute approximate surface area is 103 Å². The van der Waals surface area contributed by atoms with E-state index in [1.165, 1.54) is 12.1 Å². The smallest absolute Gasteiger partial charge is 0.273 e. The van der Waals surface area contributed by atoms with Crippen LogP contribution in [0.3, 0.4) is 0 Å². The summed E-state index contributed by atoms with van der Waals surface area (Å²) in [6, 6.07) is 4.28. The van der Waals surface area contributed by atoms with Crippen molar-refractivity contribution in [3.63, 3.8) is 0 Å². The molecule has 0 aliphatic heterocycles. The van der Waals surface area contributed by atoms with Crippen LogP contribution in [0, 0.1) is 10.1 Å². The van der Waals surface area contributed by atoms with E-state index in [9.17, 15) is 20.0 Å². The second-order valence-corrected chi connectivity index (χ2v) is 3.57. The number of nitrogens with two attached hydrogens (primary N) is 1. The number of non-ortho nitro benzene ring substituents is 1. The van der Waals surface area contributed by atoms with E-state index >= 15 is 0 Å². The zero-order valence-corrected chi connectivity index (χ0v) is 9.71. The summed E-state index contributed by atoms with van der Waals surface area (Å²) in [6.07, 6.45) is -1.35. The van der Waals surface area contributed by atoms with E-state index < -0.39 is 16.9 Å². The van der Waals surface area contributed by atoms with E-state index in [0.29, 0.717) is 11.4 Å². The van der Waals surface area contributed by atoms with Crippen molar-refractivity contribution in [2.45, 2.75) is 6.10 Å². The highest BCUT2D eigenvalue weighted by Crippen LogP contribution is 2.23. The Kier molecular flexibility index (Phi) is 4.44. The molecule has 0 aliphatic rings. The second kappa shape index (κ2) is 5.82. The molecule has 0 aliphatic carbocycles. The van der Waals surface area contributed by atoms with E-state index in [2.05, 4.69) is 10.6 Å². The lowest BCUT2D eigenvalue weighted by Crippen LogP contribution is -2.34. The van der Waals surface area contributed by atoms with Crippen LogP contribution in [-0.4, -0.2) is 35.6 Å². The molecular weight excluding hydrogens is 240 g/mol. The van der Waals surface area contributed by atoms with Gasteiger partial charge >= 0.3 is 0 Å². The number of carbonyl (C=O) groups excluding carboxylic acids is 1. The summed E-state index contributed by atoms with van der Waals surface area (Å²) >= 11 is 0. The number of aliphatic hydroxyl groups is 1. The van der Waals surface area contributed by atoms with Gasteiger partial charge in [0.1, 0.15) is 6.10 Å². The molecule has 1 atom stereocenters. The van der Waals surface area contributed by atoms with E-state index in [1.807, 2.05) is 0 Å². The van der Waals surface area contributed by atoms with E-state index in [1.54, 1.807) is 13.1 Å². The SMILES string of the molecule is CNc1cc(NCC(O)C(N)=O)cc([N+](=O)[O-])c1. The fourth-order valence-electron chi connectivity index (χ4n) is 1.28. The molecule has 0 saturated heterocycles. The maximum atomic E-state index is 10.7. The van der Waals surface area contributed by atoms with Gasteiger partial charge in [0.25, 0.3) is 5.69 Å². The third-order valence-corrected chi connectivity index (χ3v) is 2.25. The number of anilines is 2. The number of nitro groups is 1. The summed E-state index contributed by atoms with van der Waals surface area (Å²) in [5, 5.41) is 25.4.